The van der Waals surface area contributed by atoms with Gasteiger partial charge in [0.15, 0.2) is 0 Å². The normalized spacial score (nSPS) is 13.1. The zero-order valence-corrected chi connectivity index (χ0v) is 68.7. The number of hydrogen-bond acceptors (Lipinski definition) is 34. The van der Waals surface area contributed by atoms with E-state index in [1.807, 2.05) is 0 Å². The van der Waals surface area contributed by atoms with Crippen LogP contribution in [0.4, 0.5) is 9.59 Å². The Balaban J connectivity index is 0.00000135. The minimum absolute atomic E-state index is 0.0863. The van der Waals surface area contributed by atoms with E-state index in [0.717, 1.165) is 6.42 Å². The second kappa shape index (κ2) is 55.5. The van der Waals surface area contributed by atoms with Crippen molar-refractivity contribution in [1.82, 2.24) is 10.2 Å². The van der Waals surface area contributed by atoms with Gasteiger partial charge in [-0.15, -0.1) is 0 Å². The Hall–Kier alpha value is -12.0. The fourth-order valence-corrected chi connectivity index (χ4v) is 8.14. The number of rotatable bonds is 25. The van der Waals surface area contributed by atoms with Gasteiger partial charge in [0.1, 0.15) is 63.4 Å². The molecule has 0 bridgehead atoms. The summed E-state index contributed by atoms with van der Waals surface area (Å²) in [6.07, 6.45) is -3.99. The molecular formula is C81H108N2O34. The molecule has 646 valence electrons. The van der Waals surface area contributed by atoms with E-state index in [-0.39, 0.29) is 85.5 Å². The maximum Gasteiger partial charge on any atom is 0.411 e. The van der Waals surface area contributed by atoms with E-state index in [2.05, 4.69) is 33.7 Å². The van der Waals surface area contributed by atoms with E-state index in [1.54, 1.807) is 77.9 Å². The van der Waals surface area contributed by atoms with Crippen LogP contribution in [0, 0.1) is 0 Å². The first kappa shape index (κ1) is 105. The number of aliphatic hydroxyl groups is 6. The number of nitrogens with zero attached hydrogens (tertiary/aromatic N) is 1. The van der Waals surface area contributed by atoms with Crippen LogP contribution in [-0.4, -0.2) is 269 Å². The summed E-state index contributed by atoms with van der Waals surface area (Å²) in [5.41, 5.74) is 1.87. The van der Waals surface area contributed by atoms with Crippen molar-refractivity contribution in [3.05, 3.63) is 177 Å². The molecule has 1 fully saturated rings. The molecule has 0 aromatic heterocycles. The molecule has 7 N–H and O–H groups in total. The maximum atomic E-state index is 11.8. The molecular weight excluding hydrogens is 1540 g/mol. The Kier molecular flexibility index (Phi) is 49.9. The molecule has 5 aromatic rings. The number of nitrogens with one attached hydrogen (secondary N) is 1. The molecule has 36 nitrogen and oxygen atoms in total. The van der Waals surface area contributed by atoms with Gasteiger partial charge in [0.25, 0.3) is 0 Å². The number of carbonyl (C=O) groups is 14. The van der Waals surface area contributed by atoms with Gasteiger partial charge in [0, 0.05) is 6.54 Å². The predicted molar refractivity (Wildman–Crippen MR) is 414 cm³/mol. The highest BCUT2D eigenvalue weighted by atomic mass is 16.6. The van der Waals surface area contributed by atoms with Crippen molar-refractivity contribution >= 4 is 83.8 Å². The second-order valence-electron chi connectivity index (χ2n) is 26.8. The molecule has 5 aromatic carbocycles. The van der Waals surface area contributed by atoms with Crippen LogP contribution >= 0.6 is 0 Å². The molecule has 1 saturated heterocycles. The van der Waals surface area contributed by atoms with E-state index in [1.165, 1.54) is 174 Å². The zero-order chi connectivity index (χ0) is 89.3. The molecule has 0 spiro atoms. The third kappa shape index (κ3) is 46.3. The molecule has 117 heavy (non-hydrogen) atoms. The number of alkyl carbamates (subject to hydrolysis) is 1. The SMILES string of the molecule is CC(O)COC(=O)c1ccc(C(=O)OCC(C)O)cc1.CC(O)COC(=O)c1ccc(C(=O)OCC(C)O)cc1.CC(O)COC(=O)c1ccc(C(=O)OCC(C)O)cc1.COC(=O)C1CCCN1C(=O)OC(C)(C)C.COC(=O)CNC(=O)OC(C)(C)C.COC(=O)c1cccc(C(=O)OC)c1.COC(=O)c1cccc(C(=O)OC)c1. The lowest BCUT2D eigenvalue weighted by atomic mass is 10.1. The Morgan fingerprint density at radius 2 is 0.590 bits per heavy atom. The Morgan fingerprint density at radius 3 is 0.786 bits per heavy atom. The van der Waals surface area contributed by atoms with Crippen LogP contribution in [0.2, 0.25) is 0 Å². The maximum absolute atomic E-state index is 11.8. The molecule has 0 aliphatic carbocycles. The van der Waals surface area contributed by atoms with Crippen LogP contribution in [0.3, 0.4) is 0 Å². The van der Waals surface area contributed by atoms with Crippen LogP contribution in [0.1, 0.15) is 200 Å². The number of ether oxygens (including phenoxy) is 14. The lowest BCUT2D eigenvalue weighted by molar-refractivity contribution is -0.145. The number of carbonyl (C=O) groups excluding carboxylic acids is 14. The van der Waals surface area contributed by atoms with Gasteiger partial charge < -0.3 is 102 Å². The van der Waals surface area contributed by atoms with E-state index in [4.69, 9.17) is 68.5 Å². The Bertz CT molecular complexity index is 3480. The Morgan fingerprint density at radius 1 is 0.350 bits per heavy atom. The van der Waals surface area contributed by atoms with E-state index in [9.17, 15) is 67.1 Å². The van der Waals surface area contributed by atoms with Gasteiger partial charge in [-0.1, -0.05) is 12.1 Å². The summed E-state index contributed by atoms with van der Waals surface area (Å²) in [5.74, 6) is -6.23. The summed E-state index contributed by atoms with van der Waals surface area (Å²) < 4.78 is 66.1. The quantitative estimate of drug-likeness (QED) is 0.0227. The summed E-state index contributed by atoms with van der Waals surface area (Å²) in [4.78, 5) is 160. The molecule has 1 aliphatic rings. The smallest absolute Gasteiger partial charge is 0.411 e. The standard InChI is InChI=1S/3C14H18O6.C11H19NO4.2C10H10O4.C8H15NO4/c3*1-9(15)7-19-13(17)11-3-5-12(6-4-11)14(18)20-8-10(2)16;1-11(2,3)16-10(14)12-7-5-6-8(12)9(13)15-4;2*1-13-9(11)7-4-3-5-8(6-7)10(12)14-2;1-8(2,3)13-7(11)9-5-6(10)12-4/h3*3-6,9-10,15-16H,7-8H2,1-2H3;8H,5-7H2,1-4H3;2*3-6H,1-2H3;5H2,1-4H3,(H,9,11). The third-order valence-electron chi connectivity index (χ3n) is 13.6. The number of methoxy groups -OCH3 is 6. The molecule has 7 unspecified atom stereocenters. The second-order valence-corrected chi connectivity index (χ2v) is 26.8. The van der Waals surface area contributed by atoms with Gasteiger partial charge in [0.2, 0.25) is 0 Å². The van der Waals surface area contributed by atoms with Crippen molar-refractivity contribution in [3.8, 4) is 0 Å². The van der Waals surface area contributed by atoms with Crippen molar-refractivity contribution in [2.24, 2.45) is 0 Å². The molecule has 7 atom stereocenters. The summed E-state index contributed by atoms with van der Waals surface area (Å²) in [6.45, 7) is 19.5. The van der Waals surface area contributed by atoms with Crippen LogP contribution < -0.4 is 5.32 Å². The van der Waals surface area contributed by atoms with Crippen molar-refractivity contribution in [2.45, 2.75) is 150 Å². The van der Waals surface area contributed by atoms with Crippen LogP contribution in [0.15, 0.2) is 121 Å². The first-order valence-electron chi connectivity index (χ1n) is 35.8. The number of likely N-dealkylation sites (tertiary alicyclic amines) is 1. The molecule has 36 heteroatoms. The average molecular weight is 1650 g/mol. The van der Waals surface area contributed by atoms with Crippen LogP contribution in [-0.2, 0) is 75.9 Å². The minimum Gasteiger partial charge on any atom is -0.468 e. The van der Waals surface area contributed by atoms with Crippen molar-refractivity contribution in [1.29, 1.82) is 0 Å². The summed E-state index contributed by atoms with van der Waals surface area (Å²) in [5, 5.41) is 56.3. The fourth-order valence-electron chi connectivity index (χ4n) is 8.14. The number of amides is 2. The van der Waals surface area contributed by atoms with E-state index >= 15 is 0 Å². The van der Waals surface area contributed by atoms with Gasteiger partial charge in [-0.2, -0.15) is 0 Å². The summed E-state index contributed by atoms with van der Waals surface area (Å²) in [6, 6.07) is 29.0. The molecule has 6 rings (SSSR count). The lowest BCUT2D eigenvalue weighted by Crippen LogP contribution is -2.43. The number of esters is 12. The largest absolute Gasteiger partial charge is 0.468 e. The third-order valence-corrected chi connectivity index (χ3v) is 13.6. The molecule has 1 aliphatic heterocycles. The average Bonchev–Trinajstić information content (AvgIpc) is 1.74. The highest BCUT2D eigenvalue weighted by Gasteiger charge is 2.37. The number of aliphatic hydroxyl groups excluding tert-OH is 6. The molecule has 0 radical (unpaired) electrons. The topological polar surface area (TPSA) is 505 Å². The predicted octanol–water partition coefficient (Wildman–Crippen LogP) is 7.05. The number of hydrogen-bond donors (Lipinski definition) is 7. The zero-order valence-electron chi connectivity index (χ0n) is 68.7. The van der Waals surface area contributed by atoms with Gasteiger partial charge in [-0.25, -0.2) is 62.3 Å². The van der Waals surface area contributed by atoms with Crippen molar-refractivity contribution in [3.63, 3.8) is 0 Å². The van der Waals surface area contributed by atoms with E-state index < -0.39 is 132 Å². The molecule has 0 saturated carbocycles. The van der Waals surface area contributed by atoms with Crippen molar-refractivity contribution in [2.75, 3.05) is 95.4 Å². The first-order valence-corrected chi connectivity index (χ1v) is 35.8. The lowest BCUT2D eigenvalue weighted by Gasteiger charge is -2.27. The van der Waals surface area contributed by atoms with Crippen LogP contribution in [0.25, 0.3) is 0 Å². The fraction of sp³-hybridized carbons (Fsp3) is 0.457. The highest BCUT2D eigenvalue weighted by molar-refractivity contribution is 5.98. The van der Waals surface area contributed by atoms with Crippen LogP contribution in [0.5, 0.6) is 0 Å². The van der Waals surface area contributed by atoms with Gasteiger partial charge in [0.05, 0.1) is 135 Å². The molecule has 2 amide bonds. The molecule has 1 heterocycles. The van der Waals surface area contributed by atoms with Gasteiger partial charge in [-0.3, -0.25) is 9.69 Å². The first-order chi connectivity index (χ1) is 54.8. The minimum atomic E-state index is -0.728. The van der Waals surface area contributed by atoms with Gasteiger partial charge in [-0.05, 0) is 205 Å². The monoisotopic (exact) mass is 1650 g/mol. The summed E-state index contributed by atoms with van der Waals surface area (Å²) >= 11 is 0. The van der Waals surface area contributed by atoms with E-state index in [0.29, 0.717) is 35.2 Å². The van der Waals surface area contributed by atoms with Gasteiger partial charge >= 0.3 is 83.8 Å². The Labute approximate surface area is 677 Å². The summed E-state index contributed by atoms with van der Waals surface area (Å²) in [7, 11) is 7.72. The number of benzene rings is 5. The highest BCUT2D eigenvalue weighted by Crippen LogP contribution is 2.22. The van der Waals surface area contributed by atoms with Crippen molar-refractivity contribution < 1.29 is 164 Å².